The van der Waals surface area contributed by atoms with Gasteiger partial charge in [-0.05, 0) is 20.3 Å². The van der Waals surface area contributed by atoms with Crippen LogP contribution in [0.5, 0.6) is 0 Å². The highest BCUT2D eigenvalue weighted by molar-refractivity contribution is 5.82. The van der Waals surface area contributed by atoms with Gasteiger partial charge in [0, 0.05) is 25.0 Å². The maximum atomic E-state index is 11.1. The Kier molecular flexibility index (Phi) is 7.79. The van der Waals surface area contributed by atoms with Crippen molar-refractivity contribution in [1.29, 1.82) is 0 Å². The Morgan fingerprint density at radius 3 is 1.95 bits per heavy atom. The van der Waals surface area contributed by atoms with E-state index in [1.807, 2.05) is 0 Å². The van der Waals surface area contributed by atoms with Gasteiger partial charge in [-0.2, -0.15) is 0 Å². The van der Waals surface area contributed by atoms with Crippen LogP contribution >= 0.6 is 0 Å². The first-order valence-electron chi connectivity index (χ1n) is 6.24. The molecule has 6 nitrogen and oxygen atoms in total. The molecule has 0 aliphatic heterocycles. The molecular weight excluding hydrogens is 264 g/mol. The molecule has 0 amide bonds. The number of aliphatic hydroxyl groups is 2. The molecule has 0 heterocycles. The van der Waals surface area contributed by atoms with Gasteiger partial charge in [-0.1, -0.05) is 13.2 Å². The molecule has 0 bridgehead atoms. The van der Waals surface area contributed by atoms with Crippen molar-refractivity contribution in [3.63, 3.8) is 0 Å². The lowest BCUT2D eigenvalue weighted by atomic mass is 9.98. The number of ether oxygens (including phenoxy) is 2. The highest BCUT2D eigenvalue weighted by Gasteiger charge is 2.22. The van der Waals surface area contributed by atoms with Gasteiger partial charge >= 0.3 is 11.9 Å². The topological polar surface area (TPSA) is 93.1 Å². The van der Waals surface area contributed by atoms with Crippen molar-refractivity contribution in [2.45, 2.75) is 51.1 Å². The van der Waals surface area contributed by atoms with Gasteiger partial charge in [0.1, 0.15) is 0 Å². The van der Waals surface area contributed by atoms with Crippen LogP contribution in [-0.4, -0.2) is 40.1 Å². The predicted octanol–water partition coefficient (Wildman–Crippen LogP) is 1.07. The Labute approximate surface area is 118 Å². The smallest absolute Gasteiger partial charge is 0.333 e. The number of esters is 2. The van der Waals surface area contributed by atoms with E-state index in [9.17, 15) is 19.8 Å². The molecule has 6 heteroatoms. The number of aliphatic hydroxyl groups excluding tert-OH is 1. The van der Waals surface area contributed by atoms with E-state index < -0.39 is 29.9 Å². The third kappa shape index (κ3) is 9.29. The molecule has 0 aromatic rings. The van der Waals surface area contributed by atoms with Gasteiger partial charge in [-0.3, -0.25) is 0 Å². The van der Waals surface area contributed by atoms with E-state index in [-0.39, 0.29) is 19.3 Å². The van der Waals surface area contributed by atoms with Gasteiger partial charge in [-0.15, -0.1) is 0 Å². The minimum Gasteiger partial charge on any atom is -0.422 e. The maximum absolute atomic E-state index is 11.1. The van der Waals surface area contributed by atoms with Gasteiger partial charge in [0.25, 0.3) is 0 Å². The van der Waals surface area contributed by atoms with Crippen LogP contribution in [0.1, 0.15) is 33.1 Å². The molecule has 20 heavy (non-hydrogen) atoms. The molecule has 0 radical (unpaired) electrons. The SMILES string of the molecule is C=CC(=O)OC(CCC(O)CC(C)(C)O)OC(=O)C=C. The molecule has 0 fully saturated rings. The lowest BCUT2D eigenvalue weighted by Gasteiger charge is -2.23. The molecular formula is C14H22O6. The molecule has 0 rings (SSSR count). The zero-order chi connectivity index (χ0) is 15.8. The Hall–Kier alpha value is -1.66. The fourth-order valence-electron chi connectivity index (χ4n) is 1.50. The average Bonchev–Trinajstić information content (AvgIpc) is 2.33. The average molecular weight is 286 g/mol. The van der Waals surface area contributed by atoms with Crippen molar-refractivity contribution in [1.82, 2.24) is 0 Å². The second-order valence-corrected chi connectivity index (χ2v) is 4.96. The summed E-state index contributed by atoms with van der Waals surface area (Å²) in [4.78, 5) is 22.2. The van der Waals surface area contributed by atoms with Crippen LogP contribution in [-0.2, 0) is 19.1 Å². The lowest BCUT2D eigenvalue weighted by Crippen LogP contribution is -2.29. The summed E-state index contributed by atoms with van der Waals surface area (Å²) >= 11 is 0. The minimum absolute atomic E-state index is 0.108. The van der Waals surface area contributed by atoms with E-state index in [2.05, 4.69) is 13.2 Å². The van der Waals surface area contributed by atoms with Crippen LogP contribution in [0.2, 0.25) is 0 Å². The number of hydrogen-bond donors (Lipinski definition) is 2. The molecule has 0 aliphatic rings. The molecule has 1 unspecified atom stereocenters. The quantitative estimate of drug-likeness (QED) is 0.374. The number of carbonyl (C=O) groups is 2. The summed E-state index contributed by atoms with van der Waals surface area (Å²) in [5.41, 5.74) is -1.01. The van der Waals surface area contributed by atoms with Gasteiger partial charge < -0.3 is 19.7 Å². The summed E-state index contributed by atoms with van der Waals surface area (Å²) in [7, 11) is 0. The second-order valence-electron chi connectivity index (χ2n) is 4.96. The highest BCUT2D eigenvalue weighted by atomic mass is 16.7. The van der Waals surface area contributed by atoms with E-state index in [4.69, 9.17) is 9.47 Å². The summed E-state index contributed by atoms with van der Waals surface area (Å²) in [6, 6.07) is 0. The molecule has 0 saturated carbocycles. The van der Waals surface area contributed by atoms with E-state index in [1.165, 1.54) is 0 Å². The van der Waals surface area contributed by atoms with E-state index in [0.29, 0.717) is 0 Å². The van der Waals surface area contributed by atoms with E-state index >= 15 is 0 Å². The minimum atomic E-state index is -1.12. The van der Waals surface area contributed by atoms with Crippen molar-refractivity contribution in [3.05, 3.63) is 25.3 Å². The van der Waals surface area contributed by atoms with Crippen molar-refractivity contribution in [2.24, 2.45) is 0 Å². The molecule has 0 spiro atoms. The number of carbonyl (C=O) groups excluding carboxylic acids is 2. The zero-order valence-corrected chi connectivity index (χ0v) is 11.9. The number of hydrogen-bond acceptors (Lipinski definition) is 6. The Balaban J connectivity index is 4.41. The fourth-order valence-corrected chi connectivity index (χ4v) is 1.50. The van der Waals surface area contributed by atoms with Crippen molar-refractivity contribution >= 4 is 11.9 Å². The number of rotatable bonds is 9. The van der Waals surface area contributed by atoms with Crippen LogP contribution in [0.3, 0.4) is 0 Å². The van der Waals surface area contributed by atoms with Gasteiger partial charge in [0.2, 0.25) is 6.29 Å². The van der Waals surface area contributed by atoms with Gasteiger partial charge in [-0.25, -0.2) is 9.59 Å². The zero-order valence-electron chi connectivity index (χ0n) is 11.9. The molecule has 2 N–H and O–H groups in total. The predicted molar refractivity (Wildman–Crippen MR) is 72.5 cm³/mol. The Bertz CT molecular complexity index is 333. The maximum Gasteiger partial charge on any atom is 0.333 e. The van der Waals surface area contributed by atoms with Crippen LogP contribution in [0.15, 0.2) is 25.3 Å². The fraction of sp³-hybridized carbons (Fsp3) is 0.571. The largest absolute Gasteiger partial charge is 0.422 e. The van der Waals surface area contributed by atoms with Crippen LogP contribution < -0.4 is 0 Å². The van der Waals surface area contributed by atoms with Crippen molar-refractivity contribution in [3.8, 4) is 0 Å². The normalized spacial score (nSPS) is 12.7. The first-order valence-corrected chi connectivity index (χ1v) is 6.24. The highest BCUT2D eigenvalue weighted by Crippen LogP contribution is 2.16. The molecule has 0 aromatic carbocycles. The monoisotopic (exact) mass is 286 g/mol. The summed E-state index contributed by atoms with van der Waals surface area (Å²) in [6.45, 7) is 9.62. The Morgan fingerprint density at radius 2 is 1.60 bits per heavy atom. The molecule has 1 atom stereocenters. The van der Waals surface area contributed by atoms with Crippen molar-refractivity contribution < 1.29 is 29.3 Å². The summed E-state index contributed by atoms with van der Waals surface area (Å²) < 4.78 is 9.66. The molecule has 0 aromatic heterocycles. The lowest BCUT2D eigenvalue weighted by molar-refractivity contribution is -0.183. The van der Waals surface area contributed by atoms with Crippen molar-refractivity contribution in [2.75, 3.05) is 0 Å². The summed E-state index contributed by atoms with van der Waals surface area (Å²) in [5.74, 6) is -1.47. The van der Waals surface area contributed by atoms with Gasteiger partial charge in [0.15, 0.2) is 0 Å². The Morgan fingerprint density at radius 1 is 1.15 bits per heavy atom. The second kappa shape index (κ2) is 8.50. The van der Waals surface area contributed by atoms with E-state index in [0.717, 1.165) is 12.2 Å². The van der Waals surface area contributed by atoms with Crippen LogP contribution in [0, 0.1) is 0 Å². The third-order valence-electron chi connectivity index (χ3n) is 2.30. The van der Waals surface area contributed by atoms with Gasteiger partial charge in [0.05, 0.1) is 11.7 Å². The standard InChI is InChI=1S/C14H22O6/c1-5-11(16)19-13(20-12(17)6-2)8-7-10(15)9-14(3,4)18/h5-6,10,13,15,18H,1-2,7-9H2,3-4H3. The third-order valence-corrected chi connectivity index (χ3v) is 2.30. The first kappa shape index (κ1) is 18.3. The van der Waals surface area contributed by atoms with Crippen LogP contribution in [0.4, 0.5) is 0 Å². The first-order chi connectivity index (χ1) is 9.17. The van der Waals surface area contributed by atoms with E-state index in [1.54, 1.807) is 13.8 Å². The van der Waals surface area contributed by atoms with Crippen LogP contribution in [0.25, 0.3) is 0 Å². The molecule has 0 aliphatic carbocycles. The molecule has 114 valence electrons. The summed E-state index contributed by atoms with van der Waals surface area (Å²) in [6.07, 6.45) is 0.430. The summed E-state index contributed by atoms with van der Waals surface area (Å²) in [5, 5.41) is 19.3. The molecule has 0 saturated heterocycles.